The number of aromatic nitrogens is 2. The highest BCUT2D eigenvalue weighted by molar-refractivity contribution is 6.29. The minimum atomic E-state index is 0.467. The molecule has 1 aromatic heterocycles. The van der Waals surface area contributed by atoms with Gasteiger partial charge in [0.25, 0.3) is 0 Å². The number of anilines is 1. The summed E-state index contributed by atoms with van der Waals surface area (Å²) in [6.07, 6.45) is 3.34. The first-order valence-corrected chi connectivity index (χ1v) is 5.27. The van der Waals surface area contributed by atoms with Crippen molar-refractivity contribution in [3.63, 3.8) is 0 Å². The van der Waals surface area contributed by atoms with Crippen LogP contribution in [0.15, 0.2) is 12.4 Å². The molecular weight excluding hydrogens is 198 g/mol. The van der Waals surface area contributed by atoms with Crippen molar-refractivity contribution < 1.29 is 0 Å². The molecule has 2 heterocycles. The van der Waals surface area contributed by atoms with Crippen LogP contribution in [0, 0.1) is 11.8 Å². The summed E-state index contributed by atoms with van der Waals surface area (Å²) < 4.78 is 0. The molecule has 0 N–H and O–H groups in total. The molecule has 1 aliphatic heterocycles. The Morgan fingerprint density at radius 2 is 1.93 bits per heavy atom. The van der Waals surface area contributed by atoms with Crippen molar-refractivity contribution in [1.29, 1.82) is 0 Å². The average molecular weight is 212 g/mol. The maximum atomic E-state index is 5.80. The Hall–Kier alpha value is -0.830. The second kappa shape index (κ2) is 3.73. The normalized spacial score (nSPS) is 26.9. The molecule has 0 saturated carbocycles. The van der Waals surface area contributed by atoms with Crippen LogP contribution >= 0.6 is 11.6 Å². The van der Waals surface area contributed by atoms with E-state index >= 15 is 0 Å². The first kappa shape index (κ1) is 9.71. The average Bonchev–Trinajstić information content (AvgIpc) is 2.47. The highest BCUT2D eigenvalue weighted by Crippen LogP contribution is 2.26. The summed E-state index contributed by atoms with van der Waals surface area (Å²) in [5.41, 5.74) is 0. The smallest absolute Gasteiger partial charge is 0.149 e. The SMILES string of the molecule is CC1CN(c2cncc(Cl)n2)CC1C. The molecule has 0 bridgehead atoms. The molecule has 0 aromatic carbocycles. The van der Waals surface area contributed by atoms with Gasteiger partial charge in [-0.05, 0) is 11.8 Å². The maximum Gasteiger partial charge on any atom is 0.149 e. The molecule has 2 rings (SSSR count). The molecule has 1 fully saturated rings. The minimum absolute atomic E-state index is 0.467. The monoisotopic (exact) mass is 211 g/mol. The molecule has 2 unspecified atom stereocenters. The molecule has 1 aromatic rings. The number of hydrogen-bond donors (Lipinski definition) is 0. The van der Waals surface area contributed by atoms with Gasteiger partial charge >= 0.3 is 0 Å². The van der Waals surface area contributed by atoms with Crippen LogP contribution in [0.5, 0.6) is 0 Å². The van der Waals surface area contributed by atoms with Gasteiger partial charge in [0, 0.05) is 13.1 Å². The lowest BCUT2D eigenvalue weighted by atomic mass is 10.0. The van der Waals surface area contributed by atoms with E-state index in [4.69, 9.17) is 11.6 Å². The zero-order valence-corrected chi connectivity index (χ0v) is 9.20. The lowest BCUT2D eigenvalue weighted by molar-refractivity contribution is 0.494. The van der Waals surface area contributed by atoms with E-state index in [2.05, 4.69) is 28.7 Å². The van der Waals surface area contributed by atoms with Crippen molar-refractivity contribution in [2.75, 3.05) is 18.0 Å². The van der Waals surface area contributed by atoms with Crippen molar-refractivity contribution in [2.24, 2.45) is 11.8 Å². The van der Waals surface area contributed by atoms with E-state index in [0.29, 0.717) is 5.15 Å². The molecule has 14 heavy (non-hydrogen) atoms. The molecule has 1 aliphatic rings. The highest BCUT2D eigenvalue weighted by Gasteiger charge is 2.26. The van der Waals surface area contributed by atoms with Crippen LogP contribution in [-0.4, -0.2) is 23.1 Å². The van der Waals surface area contributed by atoms with Gasteiger partial charge in [-0.25, -0.2) is 4.98 Å². The number of nitrogens with zero attached hydrogens (tertiary/aromatic N) is 3. The predicted molar refractivity (Wildman–Crippen MR) is 57.6 cm³/mol. The number of rotatable bonds is 1. The summed E-state index contributed by atoms with van der Waals surface area (Å²) in [5, 5.41) is 0.467. The molecule has 3 nitrogen and oxygen atoms in total. The van der Waals surface area contributed by atoms with Crippen LogP contribution in [0.1, 0.15) is 13.8 Å². The van der Waals surface area contributed by atoms with Crippen LogP contribution in [0.2, 0.25) is 5.15 Å². The van der Waals surface area contributed by atoms with E-state index in [1.54, 1.807) is 12.4 Å². The van der Waals surface area contributed by atoms with E-state index in [1.807, 2.05) is 0 Å². The molecule has 2 atom stereocenters. The number of hydrogen-bond acceptors (Lipinski definition) is 3. The van der Waals surface area contributed by atoms with E-state index in [-0.39, 0.29) is 0 Å². The zero-order chi connectivity index (χ0) is 10.1. The Kier molecular flexibility index (Phi) is 2.59. The van der Waals surface area contributed by atoms with Crippen molar-refractivity contribution in [2.45, 2.75) is 13.8 Å². The second-order valence-corrected chi connectivity index (χ2v) is 4.45. The van der Waals surface area contributed by atoms with Crippen molar-refractivity contribution in [3.8, 4) is 0 Å². The van der Waals surface area contributed by atoms with Crippen LogP contribution in [0.25, 0.3) is 0 Å². The van der Waals surface area contributed by atoms with Crippen molar-refractivity contribution >= 4 is 17.4 Å². The van der Waals surface area contributed by atoms with Crippen LogP contribution in [0.3, 0.4) is 0 Å². The van der Waals surface area contributed by atoms with Crippen LogP contribution < -0.4 is 4.90 Å². The first-order chi connectivity index (χ1) is 6.66. The summed E-state index contributed by atoms with van der Waals surface area (Å²) in [7, 11) is 0. The maximum absolute atomic E-state index is 5.80. The van der Waals surface area contributed by atoms with Crippen molar-refractivity contribution in [1.82, 2.24) is 9.97 Å². The summed E-state index contributed by atoms with van der Waals surface area (Å²) >= 11 is 5.80. The van der Waals surface area contributed by atoms with Crippen LogP contribution in [0.4, 0.5) is 5.82 Å². The third-order valence-electron chi connectivity index (χ3n) is 2.90. The summed E-state index contributed by atoms with van der Waals surface area (Å²) in [6.45, 7) is 6.64. The second-order valence-electron chi connectivity index (χ2n) is 4.06. The van der Waals surface area contributed by atoms with Gasteiger partial charge < -0.3 is 4.90 Å². The van der Waals surface area contributed by atoms with Gasteiger partial charge in [0.15, 0.2) is 0 Å². The van der Waals surface area contributed by atoms with E-state index < -0.39 is 0 Å². The zero-order valence-electron chi connectivity index (χ0n) is 8.44. The van der Waals surface area contributed by atoms with Gasteiger partial charge in [-0.1, -0.05) is 25.4 Å². The van der Waals surface area contributed by atoms with Gasteiger partial charge in [-0.3, -0.25) is 4.98 Å². The highest BCUT2D eigenvalue weighted by atomic mass is 35.5. The summed E-state index contributed by atoms with van der Waals surface area (Å²) in [4.78, 5) is 10.5. The standard InChI is InChI=1S/C10H14ClN3/c1-7-5-14(6-8(7)2)10-4-12-3-9(11)13-10/h3-4,7-8H,5-6H2,1-2H3. The van der Waals surface area contributed by atoms with E-state index in [1.165, 1.54) is 0 Å². The topological polar surface area (TPSA) is 29.0 Å². The molecule has 0 amide bonds. The Labute approximate surface area is 89.1 Å². The Morgan fingerprint density at radius 3 is 2.50 bits per heavy atom. The minimum Gasteiger partial charge on any atom is -0.355 e. The first-order valence-electron chi connectivity index (χ1n) is 4.89. The molecule has 4 heteroatoms. The summed E-state index contributed by atoms with van der Waals surface area (Å²) in [6, 6.07) is 0. The number of halogens is 1. The lowest BCUT2D eigenvalue weighted by Gasteiger charge is -2.16. The fourth-order valence-corrected chi connectivity index (χ4v) is 1.94. The van der Waals surface area contributed by atoms with Gasteiger partial charge in [0.2, 0.25) is 0 Å². The third-order valence-corrected chi connectivity index (χ3v) is 3.09. The van der Waals surface area contributed by atoms with Gasteiger partial charge in [0.1, 0.15) is 11.0 Å². The van der Waals surface area contributed by atoms with Gasteiger partial charge in [-0.15, -0.1) is 0 Å². The molecule has 76 valence electrons. The molecule has 0 aliphatic carbocycles. The van der Waals surface area contributed by atoms with Gasteiger partial charge in [-0.2, -0.15) is 0 Å². The Morgan fingerprint density at radius 1 is 1.29 bits per heavy atom. The molecule has 0 spiro atoms. The lowest BCUT2D eigenvalue weighted by Crippen LogP contribution is -2.20. The Bertz CT molecular complexity index is 319. The fourth-order valence-electron chi connectivity index (χ4n) is 1.80. The van der Waals surface area contributed by atoms with Crippen LogP contribution in [-0.2, 0) is 0 Å². The summed E-state index contributed by atoms with van der Waals surface area (Å²) in [5.74, 6) is 2.33. The third kappa shape index (κ3) is 1.82. The quantitative estimate of drug-likeness (QED) is 0.714. The largest absolute Gasteiger partial charge is 0.355 e. The van der Waals surface area contributed by atoms with Gasteiger partial charge in [0.05, 0.1) is 12.4 Å². The Balaban J connectivity index is 2.17. The fraction of sp³-hybridized carbons (Fsp3) is 0.600. The molecule has 1 saturated heterocycles. The predicted octanol–water partition coefficient (Wildman–Crippen LogP) is 2.22. The van der Waals surface area contributed by atoms with E-state index in [9.17, 15) is 0 Å². The van der Waals surface area contributed by atoms with Crippen molar-refractivity contribution in [3.05, 3.63) is 17.5 Å². The molecular formula is C10H14ClN3. The van der Waals surface area contributed by atoms with E-state index in [0.717, 1.165) is 30.7 Å². The molecule has 0 radical (unpaired) electrons.